The fourth-order valence-corrected chi connectivity index (χ4v) is 4.73. The zero-order valence-electron chi connectivity index (χ0n) is 16.6. The van der Waals surface area contributed by atoms with Crippen molar-refractivity contribution in [1.29, 1.82) is 0 Å². The molecule has 9 heteroatoms. The topological polar surface area (TPSA) is 94.2 Å². The Morgan fingerprint density at radius 1 is 1.07 bits per heavy atom. The summed E-state index contributed by atoms with van der Waals surface area (Å²) >= 11 is 0. The minimum Gasteiger partial charge on any atom is -0.497 e. The first kappa shape index (κ1) is 21.1. The zero-order valence-corrected chi connectivity index (χ0v) is 17.4. The van der Waals surface area contributed by atoms with E-state index >= 15 is 0 Å². The lowest BCUT2D eigenvalue weighted by Gasteiger charge is -2.26. The Morgan fingerprint density at radius 3 is 2.45 bits per heavy atom. The Bertz CT molecular complexity index is 1000. The Kier molecular flexibility index (Phi) is 6.41. The number of nitrogens with one attached hydrogen (secondary N) is 1. The van der Waals surface area contributed by atoms with Crippen LogP contribution >= 0.6 is 0 Å². The molecule has 1 N–H and O–H groups in total. The molecule has 8 nitrogen and oxygen atoms in total. The first-order chi connectivity index (χ1) is 13.9. The molecule has 1 aliphatic rings. The smallest absolute Gasteiger partial charge is 0.259 e. The molecule has 0 aromatic heterocycles. The van der Waals surface area contributed by atoms with Gasteiger partial charge in [0.15, 0.2) is 0 Å². The van der Waals surface area contributed by atoms with Gasteiger partial charge in [-0.1, -0.05) is 6.07 Å². The summed E-state index contributed by atoms with van der Waals surface area (Å²) in [6.07, 6.45) is 0. The summed E-state index contributed by atoms with van der Waals surface area (Å²) in [5.41, 5.74) is 1.26. The minimum absolute atomic E-state index is 0.162. The molecule has 1 heterocycles. The number of hydrogen-bond acceptors (Lipinski definition) is 6. The van der Waals surface area contributed by atoms with Crippen molar-refractivity contribution in [3.63, 3.8) is 0 Å². The second kappa shape index (κ2) is 8.81. The number of ether oxygens (including phenoxy) is 3. The van der Waals surface area contributed by atoms with Crippen molar-refractivity contribution < 1.29 is 27.4 Å². The molecule has 1 aliphatic heterocycles. The highest BCUT2D eigenvalue weighted by molar-refractivity contribution is 7.89. The number of carbonyl (C=O) groups is 1. The minimum atomic E-state index is -3.68. The van der Waals surface area contributed by atoms with Crippen LogP contribution in [0.3, 0.4) is 0 Å². The van der Waals surface area contributed by atoms with Crippen LogP contribution in [-0.2, 0) is 14.8 Å². The van der Waals surface area contributed by atoms with Crippen molar-refractivity contribution in [2.24, 2.45) is 0 Å². The number of carbonyl (C=O) groups excluding carboxylic acids is 1. The Labute approximate surface area is 170 Å². The highest BCUT2D eigenvalue weighted by Gasteiger charge is 2.28. The molecule has 1 fully saturated rings. The van der Waals surface area contributed by atoms with Crippen LogP contribution in [0.1, 0.15) is 15.9 Å². The maximum atomic E-state index is 13.0. The van der Waals surface area contributed by atoms with Crippen LogP contribution in [0.2, 0.25) is 0 Å². The number of aryl methyl sites for hydroxylation is 1. The van der Waals surface area contributed by atoms with E-state index in [0.29, 0.717) is 49.1 Å². The van der Waals surface area contributed by atoms with E-state index in [2.05, 4.69) is 5.32 Å². The Morgan fingerprint density at radius 2 is 1.79 bits per heavy atom. The summed E-state index contributed by atoms with van der Waals surface area (Å²) in [7, 11) is -0.706. The van der Waals surface area contributed by atoms with Gasteiger partial charge < -0.3 is 19.5 Å². The predicted octanol–water partition coefficient (Wildman–Crippen LogP) is 2.29. The molecule has 1 amide bonds. The third-order valence-electron chi connectivity index (χ3n) is 4.69. The molecular weight excluding hydrogens is 396 g/mol. The number of benzene rings is 2. The van der Waals surface area contributed by atoms with Crippen molar-refractivity contribution >= 4 is 21.6 Å². The van der Waals surface area contributed by atoms with Gasteiger partial charge >= 0.3 is 0 Å². The molecule has 0 spiro atoms. The third-order valence-corrected chi connectivity index (χ3v) is 6.73. The highest BCUT2D eigenvalue weighted by atomic mass is 32.2. The molecule has 156 valence electrons. The van der Waals surface area contributed by atoms with Crippen LogP contribution in [0.5, 0.6) is 11.5 Å². The van der Waals surface area contributed by atoms with Gasteiger partial charge in [0.1, 0.15) is 11.5 Å². The number of rotatable bonds is 6. The van der Waals surface area contributed by atoms with Gasteiger partial charge in [0.25, 0.3) is 5.91 Å². The molecule has 0 aliphatic carbocycles. The van der Waals surface area contributed by atoms with E-state index in [1.165, 1.54) is 24.6 Å². The van der Waals surface area contributed by atoms with Gasteiger partial charge in [-0.3, -0.25) is 4.79 Å². The molecule has 0 unspecified atom stereocenters. The number of nitrogens with zero attached hydrogens (tertiary/aromatic N) is 1. The van der Waals surface area contributed by atoms with Crippen LogP contribution in [0, 0.1) is 6.92 Å². The lowest BCUT2D eigenvalue weighted by molar-refractivity contribution is 0.0730. The van der Waals surface area contributed by atoms with E-state index in [-0.39, 0.29) is 10.5 Å². The van der Waals surface area contributed by atoms with E-state index in [1.807, 2.05) is 0 Å². The fourth-order valence-electron chi connectivity index (χ4n) is 3.07. The summed E-state index contributed by atoms with van der Waals surface area (Å²) in [4.78, 5) is 12.9. The van der Waals surface area contributed by atoms with Gasteiger partial charge in [-0.2, -0.15) is 4.31 Å². The van der Waals surface area contributed by atoms with Gasteiger partial charge in [0, 0.05) is 18.8 Å². The summed E-state index contributed by atoms with van der Waals surface area (Å²) in [6, 6.07) is 9.70. The van der Waals surface area contributed by atoms with Crippen molar-refractivity contribution in [2.45, 2.75) is 11.8 Å². The van der Waals surface area contributed by atoms with E-state index in [9.17, 15) is 13.2 Å². The van der Waals surface area contributed by atoms with Crippen LogP contribution in [-0.4, -0.2) is 59.2 Å². The molecule has 0 saturated carbocycles. The molecule has 0 radical (unpaired) electrons. The molecule has 0 atom stereocenters. The molecule has 2 aromatic carbocycles. The van der Waals surface area contributed by atoms with Gasteiger partial charge in [-0.15, -0.1) is 0 Å². The van der Waals surface area contributed by atoms with E-state index in [1.54, 1.807) is 37.3 Å². The van der Waals surface area contributed by atoms with Crippen LogP contribution in [0.15, 0.2) is 41.3 Å². The lowest BCUT2D eigenvalue weighted by Crippen LogP contribution is -2.40. The Hall–Kier alpha value is -2.62. The van der Waals surface area contributed by atoms with E-state index in [0.717, 1.165) is 0 Å². The summed E-state index contributed by atoms with van der Waals surface area (Å²) in [6.45, 7) is 3.07. The van der Waals surface area contributed by atoms with Crippen molar-refractivity contribution in [3.05, 3.63) is 47.5 Å². The van der Waals surface area contributed by atoms with E-state index < -0.39 is 15.9 Å². The highest BCUT2D eigenvalue weighted by Crippen LogP contribution is 2.27. The van der Waals surface area contributed by atoms with Crippen LogP contribution < -0.4 is 14.8 Å². The summed E-state index contributed by atoms with van der Waals surface area (Å²) in [5.74, 6) is 0.464. The number of hydrogen-bond donors (Lipinski definition) is 1. The fraction of sp³-hybridized carbons (Fsp3) is 0.350. The lowest BCUT2D eigenvalue weighted by atomic mass is 10.1. The maximum absolute atomic E-state index is 13.0. The number of methoxy groups -OCH3 is 2. The predicted molar refractivity (Wildman–Crippen MR) is 108 cm³/mol. The summed E-state index contributed by atoms with van der Waals surface area (Å²) in [5, 5.41) is 2.74. The van der Waals surface area contributed by atoms with Gasteiger partial charge in [-0.25, -0.2) is 8.42 Å². The largest absolute Gasteiger partial charge is 0.497 e. The normalized spacial score (nSPS) is 15.0. The third kappa shape index (κ3) is 4.52. The number of sulfonamides is 1. The van der Waals surface area contributed by atoms with E-state index in [4.69, 9.17) is 14.2 Å². The van der Waals surface area contributed by atoms with Gasteiger partial charge in [-0.05, 0) is 42.8 Å². The quantitative estimate of drug-likeness (QED) is 0.771. The van der Waals surface area contributed by atoms with Crippen LogP contribution in [0.25, 0.3) is 0 Å². The molecule has 29 heavy (non-hydrogen) atoms. The Balaban J connectivity index is 1.90. The van der Waals surface area contributed by atoms with Crippen molar-refractivity contribution in [2.75, 3.05) is 45.8 Å². The average molecular weight is 420 g/mol. The van der Waals surface area contributed by atoms with Crippen molar-refractivity contribution in [1.82, 2.24) is 4.31 Å². The zero-order chi connectivity index (χ0) is 21.0. The van der Waals surface area contributed by atoms with Gasteiger partial charge in [0.05, 0.1) is 37.9 Å². The molecule has 3 rings (SSSR count). The SMILES string of the molecule is COc1ccc(OC)c(C(=O)Nc2ccc(C)c(S(=O)(=O)N3CCOCC3)c2)c1. The monoisotopic (exact) mass is 420 g/mol. The first-order valence-corrected chi connectivity index (χ1v) is 10.5. The number of anilines is 1. The molecule has 0 bridgehead atoms. The number of morpholine rings is 1. The number of amides is 1. The maximum Gasteiger partial charge on any atom is 0.259 e. The standard InChI is InChI=1S/C20H24N2O6S/c1-14-4-5-15(12-19(14)29(24,25)22-8-10-28-11-9-22)21-20(23)17-13-16(26-2)6-7-18(17)27-3/h4-7,12-13H,8-11H2,1-3H3,(H,21,23). The molecule has 2 aromatic rings. The van der Waals surface area contributed by atoms with Gasteiger partial charge in [0.2, 0.25) is 10.0 Å². The first-order valence-electron chi connectivity index (χ1n) is 9.08. The second-order valence-corrected chi connectivity index (χ2v) is 8.42. The van der Waals surface area contributed by atoms with Crippen molar-refractivity contribution in [3.8, 4) is 11.5 Å². The molecule has 1 saturated heterocycles. The second-order valence-electron chi connectivity index (χ2n) is 6.52. The summed E-state index contributed by atoms with van der Waals surface area (Å²) < 4.78 is 43.1. The van der Waals surface area contributed by atoms with Crippen LogP contribution in [0.4, 0.5) is 5.69 Å². The average Bonchev–Trinajstić information content (AvgIpc) is 2.75. The molecular formula is C20H24N2O6S.